The molecule has 0 radical (unpaired) electrons. The number of rotatable bonds is 5. The first-order valence-electron chi connectivity index (χ1n) is 5.18. The summed E-state index contributed by atoms with van der Waals surface area (Å²) in [7, 11) is 0. The number of halogens is 1. The molecule has 0 amide bonds. The van der Waals surface area contributed by atoms with Gasteiger partial charge in [0.2, 0.25) is 0 Å². The summed E-state index contributed by atoms with van der Waals surface area (Å²) in [5, 5.41) is 9.81. The topological polar surface area (TPSA) is 29.9 Å². The Morgan fingerprint density at radius 3 is 3.12 bits per heavy atom. The minimum Gasteiger partial charge on any atom is -0.308 e. The maximum atomic E-state index is 4.23. The van der Waals surface area contributed by atoms with Gasteiger partial charge in [0.05, 0.1) is 17.2 Å². The van der Waals surface area contributed by atoms with E-state index in [9.17, 15) is 0 Å². The van der Waals surface area contributed by atoms with Crippen LogP contribution in [0.3, 0.4) is 0 Å². The Bertz CT molecular complexity index is 424. The lowest BCUT2D eigenvalue weighted by Crippen LogP contribution is -2.29. The highest BCUT2D eigenvalue weighted by Crippen LogP contribution is 2.09. The molecular formula is C11H14BrN3S. The van der Waals surface area contributed by atoms with Crippen LogP contribution in [0, 0.1) is 0 Å². The zero-order valence-electron chi connectivity index (χ0n) is 9.06. The van der Waals surface area contributed by atoms with Gasteiger partial charge in [-0.2, -0.15) is 5.10 Å². The van der Waals surface area contributed by atoms with Gasteiger partial charge in [0.25, 0.3) is 0 Å². The van der Waals surface area contributed by atoms with Crippen molar-refractivity contribution in [2.75, 3.05) is 0 Å². The second-order valence-corrected chi connectivity index (χ2v) is 5.69. The van der Waals surface area contributed by atoms with Crippen molar-refractivity contribution in [3.8, 4) is 0 Å². The lowest BCUT2D eigenvalue weighted by atomic mass is 10.3. The molecule has 5 heteroatoms. The van der Waals surface area contributed by atoms with E-state index in [4.69, 9.17) is 0 Å². The second kappa shape index (κ2) is 5.61. The first kappa shape index (κ1) is 11.8. The molecule has 1 N–H and O–H groups in total. The highest BCUT2D eigenvalue weighted by molar-refractivity contribution is 9.10. The molecule has 16 heavy (non-hydrogen) atoms. The number of nitrogens with zero attached hydrogens (tertiary/aromatic N) is 2. The Kier molecular flexibility index (Phi) is 4.15. The molecule has 0 saturated heterocycles. The Morgan fingerprint density at radius 2 is 2.50 bits per heavy atom. The molecule has 0 aliphatic carbocycles. The third-order valence-corrected chi connectivity index (χ3v) is 3.55. The smallest absolute Gasteiger partial charge is 0.0632 e. The van der Waals surface area contributed by atoms with Crippen LogP contribution in [0.15, 0.2) is 34.4 Å². The van der Waals surface area contributed by atoms with Gasteiger partial charge < -0.3 is 5.32 Å². The van der Waals surface area contributed by atoms with E-state index < -0.39 is 0 Å². The third-order valence-electron chi connectivity index (χ3n) is 2.27. The number of hydrogen-bond donors (Lipinski definition) is 1. The van der Waals surface area contributed by atoms with E-state index in [1.807, 2.05) is 17.1 Å². The number of aromatic nitrogens is 2. The highest BCUT2D eigenvalue weighted by atomic mass is 79.9. The van der Waals surface area contributed by atoms with E-state index in [1.165, 1.54) is 4.88 Å². The average molecular weight is 300 g/mol. The SMILES string of the molecule is CC(Cn1cc(Br)cn1)NCc1cccs1. The van der Waals surface area contributed by atoms with Gasteiger partial charge >= 0.3 is 0 Å². The molecule has 2 aromatic rings. The summed E-state index contributed by atoms with van der Waals surface area (Å²) in [6, 6.07) is 4.64. The van der Waals surface area contributed by atoms with E-state index in [2.05, 4.69) is 50.8 Å². The van der Waals surface area contributed by atoms with E-state index >= 15 is 0 Å². The Labute approximate surface area is 108 Å². The van der Waals surface area contributed by atoms with Crippen LogP contribution in [0.4, 0.5) is 0 Å². The van der Waals surface area contributed by atoms with E-state index in [1.54, 1.807) is 11.3 Å². The van der Waals surface area contributed by atoms with Crippen LogP contribution in [0.25, 0.3) is 0 Å². The molecule has 1 atom stereocenters. The van der Waals surface area contributed by atoms with Crippen molar-refractivity contribution in [3.05, 3.63) is 39.3 Å². The summed E-state index contributed by atoms with van der Waals surface area (Å²) in [5.41, 5.74) is 0. The van der Waals surface area contributed by atoms with Crippen LogP contribution in [0.1, 0.15) is 11.8 Å². The Balaban J connectivity index is 1.78. The minimum atomic E-state index is 0.411. The molecule has 86 valence electrons. The quantitative estimate of drug-likeness (QED) is 0.920. The maximum absolute atomic E-state index is 4.23. The number of nitrogens with one attached hydrogen (secondary N) is 1. The zero-order chi connectivity index (χ0) is 11.4. The summed E-state index contributed by atoms with van der Waals surface area (Å²) in [6.07, 6.45) is 3.80. The summed E-state index contributed by atoms with van der Waals surface area (Å²) in [5.74, 6) is 0. The van der Waals surface area contributed by atoms with E-state index in [0.29, 0.717) is 6.04 Å². The molecule has 0 bridgehead atoms. The van der Waals surface area contributed by atoms with Gasteiger partial charge in [0, 0.05) is 23.7 Å². The maximum Gasteiger partial charge on any atom is 0.0632 e. The van der Waals surface area contributed by atoms with Gasteiger partial charge in [0.15, 0.2) is 0 Å². The summed E-state index contributed by atoms with van der Waals surface area (Å²) in [6.45, 7) is 3.99. The van der Waals surface area contributed by atoms with Gasteiger partial charge in [-0.05, 0) is 34.3 Å². The van der Waals surface area contributed by atoms with Crippen LogP contribution in [-0.4, -0.2) is 15.8 Å². The van der Waals surface area contributed by atoms with Crippen LogP contribution in [-0.2, 0) is 13.1 Å². The van der Waals surface area contributed by atoms with Crippen molar-refractivity contribution in [2.24, 2.45) is 0 Å². The fourth-order valence-corrected chi connectivity index (χ4v) is 2.45. The number of hydrogen-bond acceptors (Lipinski definition) is 3. The van der Waals surface area contributed by atoms with Crippen LogP contribution >= 0.6 is 27.3 Å². The van der Waals surface area contributed by atoms with Crippen LogP contribution in [0.5, 0.6) is 0 Å². The summed E-state index contributed by atoms with van der Waals surface area (Å²) >= 11 is 5.17. The van der Waals surface area contributed by atoms with Crippen molar-refractivity contribution in [3.63, 3.8) is 0 Å². The molecule has 2 aromatic heterocycles. The minimum absolute atomic E-state index is 0.411. The molecule has 0 aliphatic heterocycles. The standard InChI is InChI=1S/C11H14BrN3S/c1-9(7-15-8-10(12)5-14-15)13-6-11-3-2-4-16-11/h2-5,8-9,13H,6-7H2,1H3. The Hall–Kier alpha value is -0.650. The van der Waals surface area contributed by atoms with E-state index in [-0.39, 0.29) is 0 Å². The fraction of sp³-hybridized carbons (Fsp3) is 0.364. The lowest BCUT2D eigenvalue weighted by molar-refractivity contribution is 0.452. The normalized spacial score (nSPS) is 12.9. The first-order chi connectivity index (χ1) is 7.74. The molecule has 0 aromatic carbocycles. The molecule has 0 saturated carbocycles. The highest BCUT2D eigenvalue weighted by Gasteiger charge is 2.04. The fourth-order valence-electron chi connectivity index (χ4n) is 1.47. The molecule has 0 spiro atoms. The summed E-state index contributed by atoms with van der Waals surface area (Å²) in [4.78, 5) is 1.37. The van der Waals surface area contributed by atoms with Gasteiger partial charge in [0.1, 0.15) is 0 Å². The predicted octanol–water partition coefficient (Wildman–Crippen LogP) is 2.89. The second-order valence-electron chi connectivity index (χ2n) is 3.74. The van der Waals surface area contributed by atoms with E-state index in [0.717, 1.165) is 17.6 Å². The van der Waals surface area contributed by atoms with Crippen molar-refractivity contribution < 1.29 is 0 Å². The summed E-state index contributed by atoms with van der Waals surface area (Å²) < 4.78 is 2.97. The average Bonchev–Trinajstić information content (AvgIpc) is 2.87. The monoisotopic (exact) mass is 299 g/mol. The van der Waals surface area contributed by atoms with Crippen molar-refractivity contribution in [2.45, 2.75) is 26.1 Å². The van der Waals surface area contributed by atoms with Gasteiger partial charge in [-0.25, -0.2) is 0 Å². The molecule has 0 aliphatic rings. The Morgan fingerprint density at radius 1 is 1.62 bits per heavy atom. The first-order valence-corrected chi connectivity index (χ1v) is 6.85. The van der Waals surface area contributed by atoms with Crippen molar-refractivity contribution in [1.82, 2.24) is 15.1 Å². The molecule has 3 nitrogen and oxygen atoms in total. The van der Waals surface area contributed by atoms with Gasteiger partial charge in [-0.1, -0.05) is 6.07 Å². The zero-order valence-corrected chi connectivity index (χ0v) is 11.5. The molecule has 0 fully saturated rings. The molecular weight excluding hydrogens is 286 g/mol. The largest absolute Gasteiger partial charge is 0.308 e. The number of thiophene rings is 1. The predicted molar refractivity (Wildman–Crippen MR) is 70.5 cm³/mol. The van der Waals surface area contributed by atoms with Crippen LogP contribution in [0.2, 0.25) is 0 Å². The van der Waals surface area contributed by atoms with Crippen LogP contribution < -0.4 is 5.32 Å². The molecule has 2 heterocycles. The van der Waals surface area contributed by atoms with Gasteiger partial charge in [-0.15, -0.1) is 11.3 Å². The third kappa shape index (κ3) is 3.43. The molecule has 1 unspecified atom stereocenters. The van der Waals surface area contributed by atoms with Crippen molar-refractivity contribution >= 4 is 27.3 Å². The molecule has 2 rings (SSSR count). The van der Waals surface area contributed by atoms with Gasteiger partial charge in [-0.3, -0.25) is 4.68 Å². The van der Waals surface area contributed by atoms with Crippen molar-refractivity contribution in [1.29, 1.82) is 0 Å². The lowest BCUT2D eigenvalue weighted by Gasteiger charge is -2.12.